The van der Waals surface area contributed by atoms with E-state index >= 15 is 0 Å². The third kappa shape index (κ3) is 3.77. The molecule has 2 N–H and O–H groups in total. The highest BCUT2D eigenvalue weighted by Crippen LogP contribution is 2.35. The van der Waals surface area contributed by atoms with Gasteiger partial charge in [0.2, 0.25) is 0 Å². The molecule has 0 saturated heterocycles. The largest absolute Gasteiger partial charge is 0.418 e. The summed E-state index contributed by atoms with van der Waals surface area (Å²) in [5.74, 6) is -0.703. The summed E-state index contributed by atoms with van der Waals surface area (Å²) in [4.78, 5) is 30.9. The number of halogens is 4. The maximum atomic E-state index is 13.3. The lowest BCUT2D eigenvalue weighted by Crippen LogP contribution is -2.26. The molecule has 0 atom stereocenters. The normalized spacial score (nSPS) is 11.5. The lowest BCUT2D eigenvalue weighted by atomic mass is 10.1. The van der Waals surface area contributed by atoms with Gasteiger partial charge >= 0.3 is 6.18 Å². The molecule has 0 aliphatic rings. The summed E-state index contributed by atoms with van der Waals surface area (Å²) in [5, 5.41) is 2.36. The Kier molecular flexibility index (Phi) is 4.82. The standard InChI is InChI=1S/C17H11BrF3N3O2/c18-9-5-11-14(25)7-13(24-15(11)12(6-9)17(19,20)21)16(26)23-8-10-3-1-2-4-22-10/h1-7H,8H2,(H,23,26)(H,24,25). The number of nitrogens with one attached hydrogen (secondary N) is 2. The van der Waals surface area contributed by atoms with E-state index in [4.69, 9.17) is 0 Å². The Hall–Kier alpha value is -2.68. The van der Waals surface area contributed by atoms with Crippen molar-refractivity contribution >= 4 is 32.7 Å². The van der Waals surface area contributed by atoms with Gasteiger partial charge in [-0.05, 0) is 24.3 Å². The molecule has 0 saturated carbocycles. The number of rotatable bonds is 3. The van der Waals surface area contributed by atoms with Crippen molar-refractivity contribution in [3.8, 4) is 0 Å². The number of H-pyrrole nitrogens is 1. The van der Waals surface area contributed by atoms with Gasteiger partial charge in [-0.1, -0.05) is 22.0 Å². The van der Waals surface area contributed by atoms with Crippen molar-refractivity contribution in [1.82, 2.24) is 15.3 Å². The van der Waals surface area contributed by atoms with Crippen LogP contribution in [-0.4, -0.2) is 15.9 Å². The molecule has 1 amide bonds. The molecule has 0 spiro atoms. The second kappa shape index (κ2) is 6.91. The summed E-state index contributed by atoms with van der Waals surface area (Å²) < 4.78 is 40.0. The molecule has 0 fully saturated rings. The molecule has 5 nitrogen and oxygen atoms in total. The molecular weight excluding hydrogens is 415 g/mol. The van der Waals surface area contributed by atoms with E-state index < -0.39 is 28.6 Å². The molecule has 0 aliphatic carbocycles. The van der Waals surface area contributed by atoms with Gasteiger partial charge in [-0.2, -0.15) is 13.2 Å². The van der Waals surface area contributed by atoms with Crippen LogP contribution in [0.3, 0.4) is 0 Å². The van der Waals surface area contributed by atoms with Crippen LogP contribution in [0.2, 0.25) is 0 Å². The summed E-state index contributed by atoms with van der Waals surface area (Å²) in [6, 6.07) is 8.24. The summed E-state index contributed by atoms with van der Waals surface area (Å²) in [5.41, 5.74) is -1.83. The molecule has 0 bridgehead atoms. The smallest absolute Gasteiger partial charge is 0.350 e. The SMILES string of the molecule is O=C(NCc1ccccn1)c1cc(=O)c2cc(Br)cc(C(F)(F)F)c2[nH]1. The fourth-order valence-electron chi connectivity index (χ4n) is 2.43. The lowest BCUT2D eigenvalue weighted by Gasteiger charge is -2.12. The van der Waals surface area contributed by atoms with Crippen LogP contribution in [0.4, 0.5) is 13.2 Å². The van der Waals surface area contributed by atoms with Crippen molar-refractivity contribution in [1.29, 1.82) is 0 Å². The van der Waals surface area contributed by atoms with Crippen molar-refractivity contribution in [2.24, 2.45) is 0 Å². The van der Waals surface area contributed by atoms with E-state index in [0.29, 0.717) is 5.69 Å². The van der Waals surface area contributed by atoms with Crippen LogP contribution < -0.4 is 10.7 Å². The highest BCUT2D eigenvalue weighted by Gasteiger charge is 2.34. The van der Waals surface area contributed by atoms with Gasteiger partial charge in [0, 0.05) is 22.1 Å². The minimum absolute atomic E-state index is 0.0756. The lowest BCUT2D eigenvalue weighted by molar-refractivity contribution is -0.136. The molecule has 0 unspecified atom stereocenters. The first-order valence-corrected chi connectivity index (χ1v) is 8.17. The Balaban J connectivity index is 2.01. The van der Waals surface area contributed by atoms with Gasteiger partial charge in [-0.15, -0.1) is 0 Å². The van der Waals surface area contributed by atoms with E-state index in [-0.39, 0.29) is 22.1 Å². The number of carbonyl (C=O) groups excluding carboxylic acids is 1. The van der Waals surface area contributed by atoms with Gasteiger partial charge < -0.3 is 10.3 Å². The van der Waals surface area contributed by atoms with Gasteiger partial charge in [-0.25, -0.2) is 0 Å². The zero-order valence-corrected chi connectivity index (χ0v) is 14.6. The highest BCUT2D eigenvalue weighted by molar-refractivity contribution is 9.10. The number of amides is 1. The average molecular weight is 426 g/mol. The van der Waals surface area contributed by atoms with Gasteiger partial charge in [-0.3, -0.25) is 14.6 Å². The van der Waals surface area contributed by atoms with Crippen molar-refractivity contribution < 1.29 is 18.0 Å². The Morgan fingerprint density at radius 1 is 1.23 bits per heavy atom. The molecule has 3 aromatic rings. The number of hydrogen-bond acceptors (Lipinski definition) is 3. The van der Waals surface area contributed by atoms with Crippen molar-refractivity contribution in [2.75, 3.05) is 0 Å². The van der Waals surface area contributed by atoms with Gasteiger partial charge in [0.25, 0.3) is 5.91 Å². The van der Waals surface area contributed by atoms with Crippen LogP contribution in [0.25, 0.3) is 10.9 Å². The van der Waals surface area contributed by atoms with Crippen LogP contribution in [0, 0.1) is 0 Å². The van der Waals surface area contributed by atoms with Crippen molar-refractivity contribution in [3.05, 3.63) is 74.2 Å². The van der Waals surface area contributed by atoms with Crippen LogP contribution in [0.5, 0.6) is 0 Å². The fraction of sp³-hybridized carbons (Fsp3) is 0.118. The number of nitrogens with zero attached hydrogens (tertiary/aromatic N) is 1. The third-order valence-electron chi connectivity index (χ3n) is 3.61. The van der Waals surface area contributed by atoms with E-state index in [9.17, 15) is 22.8 Å². The molecule has 0 aliphatic heterocycles. The maximum Gasteiger partial charge on any atom is 0.418 e. The van der Waals surface area contributed by atoms with Gasteiger partial charge in [0.1, 0.15) is 5.69 Å². The van der Waals surface area contributed by atoms with E-state index in [1.807, 2.05) is 0 Å². The summed E-state index contributed by atoms with van der Waals surface area (Å²) >= 11 is 2.97. The Labute approximate surface area is 153 Å². The number of alkyl halides is 3. The van der Waals surface area contributed by atoms with Gasteiger partial charge in [0.05, 0.1) is 23.3 Å². The quantitative estimate of drug-likeness (QED) is 0.672. The van der Waals surface area contributed by atoms with Crippen LogP contribution in [0.1, 0.15) is 21.7 Å². The minimum Gasteiger partial charge on any atom is -0.350 e. The third-order valence-corrected chi connectivity index (χ3v) is 4.07. The number of aromatic amines is 1. The second-order valence-corrected chi connectivity index (χ2v) is 6.34. The number of fused-ring (bicyclic) bond motifs is 1. The monoisotopic (exact) mass is 425 g/mol. The number of pyridine rings is 2. The average Bonchev–Trinajstić information content (AvgIpc) is 2.59. The predicted octanol–water partition coefficient (Wildman–Crippen LogP) is 3.63. The van der Waals surface area contributed by atoms with E-state index in [0.717, 1.165) is 12.1 Å². The zero-order chi connectivity index (χ0) is 18.9. The van der Waals surface area contributed by atoms with Crippen molar-refractivity contribution in [3.63, 3.8) is 0 Å². The zero-order valence-electron chi connectivity index (χ0n) is 13.0. The van der Waals surface area contributed by atoms with Gasteiger partial charge in [0.15, 0.2) is 5.43 Å². The molecule has 9 heteroatoms. The topological polar surface area (TPSA) is 74.8 Å². The number of benzene rings is 1. The Morgan fingerprint density at radius 3 is 2.65 bits per heavy atom. The van der Waals surface area contributed by atoms with Crippen LogP contribution >= 0.6 is 15.9 Å². The minimum atomic E-state index is -4.69. The van der Waals surface area contributed by atoms with E-state index in [1.54, 1.807) is 24.4 Å². The number of carbonyl (C=O) groups is 1. The predicted molar refractivity (Wildman–Crippen MR) is 92.7 cm³/mol. The summed E-state index contributed by atoms with van der Waals surface area (Å²) in [7, 11) is 0. The molecule has 1 aromatic carbocycles. The van der Waals surface area contributed by atoms with E-state index in [2.05, 4.69) is 31.2 Å². The first-order valence-electron chi connectivity index (χ1n) is 7.37. The Morgan fingerprint density at radius 2 is 2.00 bits per heavy atom. The molecule has 0 radical (unpaired) electrons. The first kappa shape index (κ1) is 18.1. The number of hydrogen-bond donors (Lipinski definition) is 2. The number of aromatic nitrogens is 2. The second-order valence-electron chi connectivity index (χ2n) is 5.42. The van der Waals surface area contributed by atoms with Crippen molar-refractivity contribution in [2.45, 2.75) is 12.7 Å². The molecule has 2 aromatic heterocycles. The molecule has 2 heterocycles. The van der Waals surface area contributed by atoms with Crippen LogP contribution in [0.15, 0.2) is 51.9 Å². The first-order chi connectivity index (χ1) is 12.3. The molecular formula is C17H11BrF3N3O2. The Bertz CT molecular complexity index is 1030. The molecule has 3 rings (SSSR count). The van der Waals surface area contributed by atoms with Crippen LogP contribution in [-0.2, 0) is 12.7 Å². The fourth-order valence-corrected chi connectivity index (χ4v) is 2.89. The summed E-state index contributed by atoms with van der Waals surface area (Å²) in [6.45, 7) is 0.0756. The van der Waals surface area contributed by atoms with E-state index in [1.165, 1.54) is 6.07 Å². The summed E-state index contributed by atoms with van der Waals surface area (Å²) in [6.07, 6.45) is -3.14. The molecule has 26 heavy (non-hydrogen) atoms. The molecule has 134 valence electrons. The maximum absolute atomic E-state index is 13.3. The highest BCUT2D eigenvalue weighted by atomic mass is 79.9.